The number of amides is 1. The van der Waals surface area contributed by atoms with Gasteiger partial charge in [0.05, 0.1) is 18.1 Å². The lowest BCUT2D eigenvalue weighted by Crippen LogP contribution is -2.28. The monoisotopic (exact) mass is 480 g/mol. The number of esters is 1. The Kier molecular flexibility index (Phi) is 8.42. The van der Waals surface area contributed by atoms with Crippen molar-refractivity contribution in [1.82, 2.24) is 5.32 Å². The Morgan fingerprint density at radius 1 is 0.912 bits per heavy atom. The Morgan fingerprint density at radius 2 is 1.59 bits per heavy atom. The summed E-state index contributed by atoms with van der Waals surface area (Å²) in [4.78, 5) is 24.1. The van der Waals surface area contributed by atoms with Crippen molar-refractivity contribution >= 4 is 33.7 Å². The van der Waals surface area contributed by atoms with E-state index in [2.05, 4.69) is 10.0 Å². The van der Waals surface area contributed by atoms with Crippen LogP contribution < -0.4 is 14.8 Å². The van der Waals surface area contributed by atoms with E-state index in [4.69, 9.17) is 9.47 Å². The van der Waals surface area contributed by atoms with E-state index in [1.807, 2.05) is 30.3 Å². The predicted molar refractivity (Wildman–Crippen MR) is 130 cm³/mol. The summed E-state index contributed by atoms with van der Waals surface area (Å²) in [5, 5.41) is 3.73. The van der Waals surface area contributed by atoms with E-state index >= 15 is 0 Å². The molecule has 1 amide bonds. The maximum atomic E-state index is 12.2. The molecule has 0 bridgehead atoms. The van der Waals surface area contributed by atoms with E-state index in [0.717, 1.165) is 16.5 Å². The molecule has 0 unspecified atom stereocenters. The van der Waals surface area contributed by atoms with Crippen molar-refractivity contribution in [3.8, 4) is 5.75 Å². The van der Waals surface area contributed by atoms with Crippen molar-refractivity contribution in [2.24, 2.45) is 0 Å². The zero-order valence-corrected chi connectivity index (χ0v) is 19.2. The lowest BCUT2D eigenvalue weighted by molar-refractivity contribution is -0.124. The van der Waals surface area contributed by atoms with Gasteiger partial charge in [0.25, 0.3) is 15.9 Å². The standard InChI is InChI=1S/C25H24N2O6S/c1-32-23-13-7-20(8-14-23)17-26-24(28)18-33-25(29)21-9-11-22(12-10-21)27-34(30,31)16-15-19-5-3-2-4-6-19/h2-16,27H,17-18H2,1H3,(H,26,28)/b16-15+. The van der Waals surface area contributed by atoms with Gasteiger partial charge in [0.15, 0.2) is 6.61 Å². The van der Waals surface area contributed by atoms with Crippen LogP contribution in [0.5, 0.6) is 5.75 Å². The number of benzene rings is 3. The first-order valence-corrected chi connectivity index (χ1v) is 11.8. The predicted octanol–water partition coefficient (Wildman–Crippen LogP) is 3.58. The van der Waals surface area contributed by atoms with Crippen LogP contribution >= 0.6 is 0 Å². The first-order valence-electron chi connectivity index (χ1n) is 10.3. The fourth-order valence-electron chi connectivity index (χ4n) is 2.81. The zero-order chi connectivity index (χ0) is 24.4. The summed E-state index contributed by atoms with van der Waals surface area (Å²) in [6, 6.07) is 21.9. The molecule has 176 valence electrons. The van der Waals surface area contributed by atoms with Crippen LogP contribution in [-0.4, -0.2) is 34.0 Å². The number of anilines is 1. The van der Waals surface area contributed by atoms with Crippen LogP contribution in [0.4, 0.5) is 5.69 Å². The average Bonchev–Trinajstić information content (AvgIpc) is 2.86. The van der Waals surface area contributed by atoms with Crippen LogP contribution in [0.3, 0.4) is 0 Å². The molecule has 3 aromatic rings. The van der Waals surface area contributed by atoms with Gasteiger partial charge in [-0.25, -0.2) is 13.2 Å². The fourth-order valence-corrected chi connectivity index (χ4v) is 3.68. The van der Waals surface area contributed by atoms with E-state index in [-0.39, 0.29) is 17.8 Å². The van der Waals surface area contributed by atoms with Crippen LogP contribution in [0, 0.1) is 0 Å². The SMILES string of the molecule is COc1ccc(CNC(=O)COC(=O)c2ccc(NS(=O)(=O)/C=C/c3ccccc3)cc2)cc1. The third-order valence-electron chi connectivity index (χ3n) is 4.60. The highest BCUT2D eigenvalue weighted by Crippen LogP contribution is 2.14. The van der Waals surface area contributed by atoms with Gasteiger partial charge in [-0.15, -0.1) is 0 Å². The molecule has 9 heteroatoms. The van der Waals surface area contributed by atoms with Crippen molar-refractivity contribution in [1.29, 1.82) is 0 Å². The maximum absolute atomic E-state index is 12.2. The van der Waals surface area contributed by atoms with E-state index < -0.39 is 28.5 Å². The molecule has 0 aliphatic carbocycles. The molecule has 0 heterocycles. The van der Waals surface area contributed by atoms with Crippen molar-refractivity contribution in [2.75, 3.05) is 18.4 Å². The minimum atomic E-state index is -3.73. The van der Waals surface area contributed by atoms with Crippen molar-refractivity contribution in [3.63, 3.8) is 0 Å². The fraction of sp³-hybridized carbons (Fsp3) is 0.120. The van der Waals surface area contributed by atoms with Gasteiger partial charge >= 0.3 is 5.97 Å². The van der Waals surface area contributed by atoms with Crippen LogP contribution in [0.25, 0.3) is 6.08 Å². The molecule has 2 N–H and O–H groups in total. The molecule has 0 aliphatic rings. The molecule has 34 heavy (non-hydrogen) atoms. The number of carbonyl (C=O) groups is 2. The summed E-state index contributed by atoms with van der Waals surface area (Å²) in [6.45, 7) is -0.151. The quantitative estimate of drug-likeness (QED) is 0.429. The number of ether oxygens (including phenoxy) is 2. The lowest BCUT2D eigenvalue weighted by atomic mass is 10.2. The number of sulfonamides is 1. The van der Waals surface area contributed by atoms with Gasteiger partial charge in [0, 0.05) is 12.2 Å². The molecule has 0 fully saturated rings. The third-order valence-corrected chi connectivity index (χ3v) is 5.62. The summed E-state index contributed by atoms with van der Waals surface area (Å²) >= 11 is 0. The highest BCUT2D eigenvalue weighted by atomic mass is 32.2. The van der Waals surface area contributed by atoms with Gasteiger partial charge in [-0.3, -0.25) is 9.52 Å². The van der Waals surface area contributed by atoms with Crippen molar-refractivity contribution < 1.29 is 27.5 Å². The summed E-state index contributed by atoms with van der Waals surface area (Å²) in [6.07, 6.45) is 1.48. The number of rotatable bonds is 10. The van der Waals surface area contributed by atoms with Crippen LogP contribution in [0.1, 0.15) is 21.5 Å². The lowest BCUT2D eigenvalue weighted by Gasteiger charge is -2.08. The average molecular weight is 481 g/mol. The number of hydrogen-bond donors (Lipinski definition) is 2. The Morgan fingerprint density at radius 3 is 2.24 bits per heavy atom. The molecular formula is C25H24N2O6S. The second kappa shape index (κ2) is 11.7. The second-order valence-corrected chi connectivity index (χ2v) is 8.71. The molecule has 0 aromatic heterocycles. The Bertz CT molecular complexity index is 1240. The van der Waals surface area contributed by atoms with E-state index in [0.29, 0.717) is 5.75 Å². The summed E-state index contributed by atoms with van der Waals surface area (Å²) in [7, 11) is -2.16. The molecule has 3 aromatic carbocycles. The molecule has 0 spiro atoms. The molecule has 0 atom stereocenters. The van der Waals surface area contributed by atoms with E-state index in [1.165, 1.54) is 30.3 Å². The number of carbonyl (C=O) groups excluding carboxylic acids is 2. The minimum absolute atomic E-state index is 0.186. The van der Waals surface area contributed by atoms with Crippen LogP contribution in [0.2, 0.25) is 0 Å². The van der Waals surface area contributed by atoms with E-state index in [1.54, 1.807) is 31.4 Å². The maximum Gasteiger partial charge on any atom is 0.338 e. The normalized spacial score (nSPS) is 11.1. The van der Waals surface area contributed by atoms with Gasteiger partial charge in [-0.05, 0) is 53.6 Å². The Labute approximate surface area is 198 Å². The number of hydrogen-bond acceptors (Lipinski definition) is 6. The van der Waals surface area contributed by atoms with Gasteiger partial charge in [-0.2, -0.15) is 0 Å². The van der Waals surface area contributed by atoms with Gasteiger partial charge in [-0.1, -0.05) is 42.5 Å². The molecule has 0 saturated heterocycles. The summed E-state index contributed by atoms with van der Waals surface area (Å²) < 4.78 is 37.0. The number of methoxy groups -OCH3 is 1. The molecule has 0 saturated carbocycles. The van der Waals surface area contributed by atoms with Gasteiger partial charge in [0.1, 0.15) is 5.75 Å². The first-order chi connectivity index (χ1) is 16.3. The molecule has 3 rings (SSSR count). The van der Waals surface area contributed by atoms with Crippen molar-refractivity contribution in [2.45, 2.75) is 6.54 Å². The number of nitrogens with one attached hydrogen (secondary N) is 2. The molecule has 8 nitrogen and oxygen atoms in total. The van der Waals surface area contributed by atoms with Crippen LogP contribution in [-0.2, 0) is 26.1 Å². The minimum Gasteiger partial charge on any atom is -0.497 e. The van der Waals surface area contributed by atoms with Crippen LogP contribution in [0.15, 0.2) is 84.3 Å². The first kappa shape index (κ1) is 24.5. The smallest absolute Gasteiger partial charge is 0.338 e. The highest BCUT2D eigenvalue weighted by Gasteiger charge is 2.12. The largest absolute Gasteiger partial charge is 0.497 e. The Balaban J connectivity index is 1.46. The van der Waals surface area contributed by atoms with Gasteiger partial charge in [0.2, 0.25) is 0 Å². The topological polar surface area (TPSA) is 111 Å². The Hall–Kier alpha value is -4.11. The summed E-state index contributed by atoms with van der Waals surface area (Å²) in [5.74, 6) is -0.428. The zero-order valence-electron chi connectivity index (χ0n) is 18.4. The van der Waals surface area contributed by atoms with E-state index in [9.17, 15) is 18.0 Å². The highest BCUT2D eigenvalue weighted by molar-refractivity contribution is 7.95. The van der Waals surface area contributed by atoms with Crippen molar-refractivity contribution in [3.05, 3.63) is 101 Å². The molecular weight excluding hydrogens is 456 g/mol. The second-order valence-electron chi connectivity index (χ2n) is 7.14. The van der Waals surface area contributed by atoms with Gasteiger partial charge < -0.3 is 14.8 Å². The third kappa shape index (κ3) is 7.79. The molecule has 0 aliphatic heterocycles. The molecule has 0 radical (unpaired) electrons. The summed E-state index contributed by atoms with van der Waals surface area (Å²) in [5.41, 5.74) is 2.09.